The number of carbonyl (C=O) groups excluding carboxylic acids is 1. The zero-order chi connectivity index (χ0) is 10.8. The molecular weight excluding hydrogens is 234 g/mol. The molecule has 0 amide bonds. The quantitative estimate of drug-likeness (QED) is 0.746. The lowest BCUT2D eigenvalue weighted by Crippen LogP contribution is -2.43. The van der Waals surface area contributed by atoms with Crippen molar-refractivity contribution in [2.45, 2.75) is 6.10 Å². The van der Waals surface area contributed by atoms with Crippen molar-refractivity contribution < 1.29 is 9.53 Å². The van der Waals surface area contributed by atoms with E-state index in [1.807, 2.05) is 7.05 Å². The highest BCUT2D eigenvalue weighted by molar-refractivity contribution is 7.18. The largest absolute Gasteiger partial charge is 0.367 e. The Bertz CT molecular complexity index is 366. The summed E-state index contributed by atoms with van der Waals surface area (Å²) in [6, 6.07) is 3.50. The molecule has 1 aromatic rings. The van der Waals surface area contributed by atoms with Crippen LogP contribution in [0.25, 0.3) is 0 Å². The van der Waals surface area contributed by atoms with Gasteiger partial charge >= 0.3 is 0 Å². The molecule has 82 valence electrons. The molecule has 1 atom stereocenters. The van der Waals surface area contributed by atoms with Gasteiger partial charge in [0.25, 0.3) is 0 Å². The highest BCUT2D eigenvalue weighted by atomic mass is 35.5. The zero-order valence-corrected chi connectivity index (χ0v) is 9.98. The van der Waals surface area contributed by atoms with E-state index in [1.54, 1.807) is 12.1 Å². The summed E-state index contributed by atoms with van der Waals surface area (Å²) in [6.45, 7) is 2.16. The summed E-state index contributed by atoms with van der Waals surface area (Å²) < 4.78 is 6.09. The molecule has 0 bridgehead atoms. The van der Waals surface area contributed by atoms with Crippen LogP contribution in [-0.4, -0.2) is 43.5 Å². The van der Waals surface area contributed by atoms with Crippen LogP contribution in [0.2, 0.25) is 4.34 Å². The zero-order valence-electron chi connectivity index (χ0n) is 8.40. The molecule has 0 saturated carbocycles. The van der Waals surface area contributed by atoms with Crippen molar-refractivity contribution in [2.24, 2.45) is 0 Å². The summed E-state index contributed by atoms with van der Waals surface area (Å²) in [5, 5.41) is 0. The Labute approximate surface area is 97.6 Å². The molecule has 2 heterocycles. The Morgan fingerprint density at radius 2 is 2.47 bits per heavy atom. The number of ether oxygens (including phenoxy) is 1. The fraction of sp³-hybridized carbons (Fsp3) is 0.500. The van der Waals surface area contributed by atoms with Crippen molar-refractivity contribution in [2.75, 3.05) is 26.7 Å². The number of nitrogens with zero attached hydrogens (tertiary/aromatic N) is 1. The first-order valence-electron chi connectivity index (χ1n) is 4.76. The van der Waals surface area contributed by atoms with Gasteiger partial charge in [-0.3, -0.25) is 4.79 Å². The molecule has 0 N–H and O–H groups in total. The average molecular weight is 246 g/mol. The number of halogens is 1. The number of carbonyl (C=O) groups is 1. The summed E-state index contributed by atoms with van der Waals surface area (Å²) in [4.78, 5) is 14.7. The van der Waals surface area contributed by atoms with Crippen LogP contribution >= 0.6 is 22.9 Å². The number of ketones is 1. The first-order chi connectivity index (χ1) is 7.16. The molecule has 1 aliphatic heterocycles. The maximum absolute atomic E-state index is 12.0. The first kappa shape index (κ1) is 11.1. The number of rotatable bonds is 2. The van der Waals surface area contributed by atoms with Crippen molar-refractivity contribution in [1.29, 1.82) is 0 Å². The number of hydrogen-bond donors (Lipinski definition) is 0. The minimum absolute atomic E-state index is 0.0402. The summed E-state index contributed by atoms with van der Waals surface area (Å²) in [5.41, 5.74) is 0. The molecule has 1 aliphatic rings. The Hall–Kier alpha value is -0.420. The van der Waals surface area contributed by atoms with Crippen LogP contribution < -0.4 is 0 Å². The number of morpholine rings is 1. The fourth-order valence-corrected chi connectivity index (χ4v) is 2.57. The lowest BCUT2D eigenvalue weighted by Gasteiger charge is -2.28. The number of likely N-dealkylation sites (N-methyl/N-ethyl adjacent to an activating group) is 1. The molecule has 3 nitrogen and oxygen atoms in total. The number of Topliss-reactive ketones (excluding diaryl/α,β-unsaturated/α-hetero) is 1. The SMILES string of the molecule is CN1CCOC(C(=O)c2ccc(Cl)s2)C1. The second-order valence-corrected chi connectivity index (χ2v) is 5.30. The molecule has 0 aliphatic carbocycles. The fourth-order valence-electron chi connectivity index (χ4n) is 1.54. The van der Waals surface area contributed by atoms with E-state index < -0.39 is 0 Å². The van der Waals surface area contributed by atoms with Gasteiger partial charge in [0.2, 0.25) is 5.78 Å². The lowest BCUT2D eigenvalue weighted by atomic mass is 10.1. The van der Waals surface area contributed by atoms with Gasteiger partial charge in [-0.25, -0.2) is 0 Å². The molecule has 1 unspecified atom stereocenters. The number of thiophene rings is 1. The summed E-state index contributed by atoms with van der Waals surface area (Å²) in [6.07, 6.45) is -0.335. The predicted octanol–water partition coefficient (Wildman–Crippen LogP) is 1.91. The van der Waals surface area contributed by atoms with Crippen LogP contribution in [0.15, 0.2) is 12.1 Å². The smallest absolute Gasteiger partial charge is 0.202 e. The molecule has 1 fully saturated rings. The van der Waals surface area contributed by atoms with Crippen molar-refractivity contribution in [3.8, 4) is 0 Å². The van der Waals surface area contributed by atoms with Crippen molar-refractivity contribution in [3.05, 3.63) is 21.3 Å². The second-order valence-electron chi connectivity index (χ2n) is 3.59. The molecule has 15 heavy (non-hydrogen) atoms. The van der Waals surface area contributed by atoms with Crippen LogP contribution in [0.4, 0.5) is 0 Å². The maximum Gasteiger partial charge on any atom is 0.202 e. The normalized spacial score (nSPS) is 22.9. The van der Waals surface area contributed by atoms with Gasteiger partial charge in [0.15, 0.2) is 0 Å². The third kappa shape index (κ3) is 2.58. The minimum Gasteiger partial charge on any atom is -0.367 e. The van der Waals surface area contributed by atoms with Gasteiger partial charge in [0.1, 0.15) is 6.10 Å². The predicted molar refractivity (Wildman–Crippen MR) is 60.9 cm³/mol. The molecular formula is C10H12ClNO2S. The monoisotopic (exact) mass is 245 g/mol. The Kier molecular flexibility index (Phi) is 3.41. The summed E-state index contributed by atoms with van der Waals surface area (Å²) in [7, 11) is 1.99. The van der Waals surface area contributed by atoms with E-state index in [0.717, 1.165) is 6.54 Å². The molecule has 1 aromatic heterocycles. The lowest BCUT2D eigenvalue weighted by molar-refractivity contribution is -0.00839. The van der Waals surface area contributed by atoms with Crippen LogP contribution in [0.1, 0.15) is 9.67 Å². The van der Waals surface area contributed by atoms with Crippen LogP contribution in [0.3, 0.4) is 0 Å². The maximum atomic E-state index is 12.0. The molecule has 0 spiro atoms. The average Bonchev–Trinajstić information content (AvgIpc) is 2.64. The molecule has 0 radical (unpaired) electrons. The highest BCUT2D eigenvalue weighted by Gasteiger charge is 2.26. The highest BCUT2D eigenvalue weighted by Crippen LogP contribution is 2.23. The van der Waals surface area contributed by atoms with E-state index in [1.165, 1.54) is 11.3 Å². The first-order valence-corrected chi connectivity index (χ1v) is 5.96. The Morgan fingerprint density at radius 1 is 1.67 bits per heavy atom. The summed E-state index contributed by atoms with van der Waals surface area (Å²) in [5.74, 6) is 0.0402. The van der Waals surface area contributed by atoms with Crippen LogP contribution in [-0.2, 0) is 4.74 Å². The van der Waals surface area contributed by atoms with E-state index in [-0.39, 0.29) is 11.9 Å². The molecule has 2 rings (SSSR count). The van der Waals surface area contributed by atoms with Crippen molar-refractivity contribution in [1.82, 2.24) is 4.90 Å². The Morgan fingerprint density at radius 3 is 3.07 bits per heavy atom. The van der Waals surface area contributed by atoms with Crippen molar-refractivity contribution >= 4 is 28.7 Å². The third-order valence-electron chi connectivity index (χ3n) is 2.38. The van der Waals surface area contributed by atoms with Crippen molar-refractivity contribution in [3.63, 3.8) is 0 Å². The molecule has 0 aromatic carbocycles. The second kappa shape index (κ2) is 4.61. The minimum atomic E-state index is -0.335. The van der Waals surface area contributed by atoms with Gasteiger partial charge in [-0.1, -0.05) is 11.6 Å². The van der Waals surface area contributed by atoms with Gasteiger partial charge in [-0.15, -0.1) is 11.3 Å². The van der Waals surface area contributed by atoms with E-state index in [0.29, 0.717) is 22.4 Å². The molecule has 1 saturated heterocycles. The molecule has 5 heteroatoms. The van der Waals surface area contributed by atoms with Crippen LogP contribution in [0, 0.1) is 0 Å². The van der Waals surface area contributed by atoms with E-state index in [2.05, 4.69) is 4.90 Å². The standard InChI is InChI=1S/C10H12ClNO2S/c1-12-4-5-14-7(6-12)10(13)8-2-3-9(11)15-8/h2-3,7H,4-6H2,1H3. The van der Waals surface area contributed by atoms with Gasteiger partial charge in [0.05, 0.1) is 15.8 Å². The Balaban J connectivity index is 2.07. The third-order valence-corrected chi connectivity index (χ3v) is 3.62. The topological polar surface area (TPSA) is 29.5 Å². The van der Waals surface area contributed by atoms with Gasteiger partial charge in [0, 0.05) is 13.1 Å². The van der Waals surface area contributed by atoms with E-state index >= 15 is 0 Å². The van der Waals surface area contributed by atoms with E-state index in [9.17, 15) is 4.79 Å². The summed E-state index contributed by atoms with van der Waals surface area (Å²) >= 11 is 7.10. The van der Waals surface area contributed by atoms with E-state index in [4.69, 9.17) is 16.3 Å². The van der Waals surface area contributed by atoms with Gasteiger partial charge in [-0.2, -0.15) is 0 Å². The van der Waals surface area contributed by atoms with Crippen LogP contribution in [0.5, 0.6) is 0 Å². The van der Waals surface area contributed by atoms with Gasteiger partial charge in [-0.05, 0) is 19.2 Å². The number of hydrogen-bond acceptors (Lipinski definition) is 4. The van der Waals surface area contributed by atoms with Gasteiger partial charge < -0.3 is 9.64 Å².